The molecule has 0 bridgehead atoms. The number of hydrogen-bond acceptors (Lipinski definition) is 2. The minimum Gasteiger partial charge on any atom is -0.497 e. The van der Waals surface area contributed by atoms with Gasteiger partial charge < -0.3 is 10.5 Å². The minimum atomic E-state index is 0.264. The normalized spacial score (nSPS) is 19.8. The van der Waals surface area contributed by atoms with Crippen LogP contribution in [0.5, 0.6) is 5.75 Å². The number of rotatable bonds is 2. The lowest BCUT2D eigenvalue weighted by Gasteiger charge is -2.21. The molecule has 1 unspecified atom stereocenters. The molecule has 0 saturated carbocycles. The highest BCUT2D eigenvalue weighted by Crippen LogP contribution is 2.42. The molecule has 0 heterocycles. The van der Waals surface area contributed by atoms with Crippen LogP contribution in [0.15, 0.2) is 48.0 Å². The second-order valence-corrected chi connectivity index (χ2v) is 6.28. The summed E-state index contributed by atoms with van der Waals surface area (Å²) in [6.45, 7) is 0. The van der Waals surface area contributed by atoms with Crippen molar-refractivity contribution < 1.29 is 4.74 Å². The van der Waals surface area contributed by atoms with Crippen molar-refractivity contribution in [2.45, 2.75) is 31.7 Å². The van der Waals surface area contributed by atoms with Gasteiger partial charge in [-0.15, -0.1) is 0 Å². The van der Waals surface area contributed by atoms with Gasteiger partial charge in [0.25, 0.3) is 0 Å². The number of ether oxygens (including phenoxy) is 1. The average Bonchev–Trinajstić information content (AvgIpc) is 2.94. The molecule has 0 fully saturated rings. The highest BCUT2D eigenvalue weighted by Gasteiger charge is 2.28. The maximum absolute atomic E-state index is 6.31. The summed E-state index contributed by atoms with van der Waals surface area (Å²) in [5, 5.41) is 0. The topological polar surface area (TPSA) is 35.2 Å². The van der Waals surface area contributed by atoms with Crippen LogP contribution in [0, 0.1) is 0 Å². The summed E-state index contributed by atoms with van der Waals surface area (Å²) >= 11 is 0. The van der Waals surface area contributed by atoms with Gasteiger partial charge in [0.05, 0.1) is 7.11 Å². The van der Waals surface area contributed by atoms with Crippen LogP contribution in [0.25, 0.3) is 16.7 Å². The fraction of sp³-hybridized carbons (Fsp3) is 0.300. The van der Waals surface area contributed by atoms with E-state index in [1.165, 1.54) is 46.2 Å². The fourth-order valence-corrected chi connectivity index (χ4v) is 3.78. The molecule has 0 spiro atoms. The van der Waals surface area contributed by atoms with Crippen LogP contribution in [0.4, 0.5) is 0 Å². The van der Waals surface area contributed by atoms with Gasteiger partial charge in [0.2, 0.25) is 0 Å². The first-order valence-corrected chi connectivity index (χ1v) is 8.01. The third-order valence-electron chi connectivity index (χ3n) is 5.02. The molecule has 0 aliphatic heterocycles. The Balaban J connectivity index is 1.74. The number of nitrogens with two attached hydrogens (primary N) is 1. The zero-order valence-corrected chi connectivity index (χ0v) is 12.9. The van der Waals surface area contributed by atoms with E-state index >= 15 is 0 Å². The highest BCUT2D eigenvalue weighted by molar-refractivity contribution is 5.81. The number of hydrogen-bond donors (Lipinski definition) is 1. The molecular formula is C20H21NO. The van der Waals surface area contributed by atoms with E-state index in [0.717, 1.165) is 18.6 Å². The second kappa shape index (κ2) is 5.29. The van der Waals surface area contributed by atoms with Gasteiger partial charge in [0.1, 0.15) is 5.75 Å². The van der Waals surface area contributed by atoms with Crippen LogP contribution in [0.3, 0.4) is 0 Å². The maximum atomic E-state index is 6.31. The van der Waals surface area contributed by atoms with Crippen molar-refractivity contribution in [3.63, 3.8) is 0 Å². The molecule has 2 aliphatic carbocycles. The van der Waals surface area contributed by atoms with Gasteiger partial charge in [-0.05, 0) is 77.3 Å². The average molecular weight is 291 g/mol. The molecule has 1 atom stereocenters. The van der Waals surface area contributed by atoms with Gasteiger partial charge in [-0.2, -0.15) is 0 Å². The first-order chi connectivity index (χ1) is 10.8. The molecule has 2 nitrogen and oxygen atoms in total. The molecular weight excluding hydrogens is 270 g/mol. The zero-order valence-electron chi connectivity index (χ0n) is 12.9. The SMILES string of the molecule is COc1ccc(-c2ccc3c(c2)C2=C(C3)C(N)CCC2)cc1. The Labute approximate surface area is 131 Å². The summed E-state index contributed by atoms with van der Waals surface area (Å²) in [6.07, 6.45) is 4.58. The van der Waals surface area contributed by atoms with E-state index in [4.69, 9.17) is 10.5 Å². The van der Waals surface area contributed by atoms with Crippen molar-refractivity contribution >= 4 is 5.57 Å². The molecule has 4 rings (SSSR count). The highest BCUT2D eigenvalue weighted by atomic mass is 16.5. The maximum Gasteiger partial charge on any atom is 0.118 e. The van der Waals surface area contributed by atoms with Crippen LogP contribution in [-0.2, 0) is 6.42 Å². The summed E-state index contributed by atoms with van der Waals surface area (Å²) in [5.41, 5.74) is 14.7. The predicted octanol–water partition coefficient (Wildman–Crippen LogP) is 4.18. The van der Waals surface area contributed by atoms with Gasteiger partial charge in [-0.1, -0.05) is 24.3 Å². The molecule has 22 heavy (non-hydrogen) atoms. The second-order valence-electron chi connectivity index (χ2n) is 6.28. The quantitative estimate of drug-likeness (QED) is 0.900. The van der Waals surface area contributed by atoms with Crippen LogP contribution in [0.1, 0.15) is 30.4 Å². The standard InChI is InChI=1S/C20H21NO/c1-22-16-9-7-13(8-10-16)14-5-6-15-12-19-17(18(15)11-14)3-2-4-20(19)21/h5-11,20H,2-4,12,21H2,1H3. The molecule has 2 N–H and O–H groups in total. The van der Waals surface area contributed by atoms with Crippen LogP contribution in [-0.4, -0.2) is 13.2 Å². The van der Waals surface area contributed by atoms with Gasteiger partial charge in [-0.3, -0.25) is 0 Å². The molecule has 0 aromatic heterocycles. The summed E-state index contributed by atoms with van der Waals surface area (Å²) < 4.78 is 5.24. The number of allylic oxidation sites excluding steroid dienone is 1. The Morgan fingerprint density at radius 2 is 1.82 bits per heavy atom. The van der Waals surface area contributed by atoms with Gasteiger partial charge in [-0.25, -0.2) is 0 Å². The van der Waals surface area contributed by atoms with Gasteiger partial charge in [0.15, 0.2) is 0 Å². The van der Waals surface area contributed by atoms with E-state index in [9.17, 15) is 0 Å². The Morgan fingerprint density at radius 1 is 1.05 bits per heavy atom. The van der Waals surface area contributed by atoms with Crippen molar-refractivity contribution in [2.75, 3.05) is 7.11 Å². The number of benzene rings is 2. The summed E-state index contributed by atoms with van der Waals surface area (Å²) in [7, 11) is 1.70. The fourth-order valence-electron chi connectivity index (χ4n) is 3.78. The van der Waals surface area contributed by atoms with Crippen LogP contribution < -0.4 is 10.5 Å². The van der Waals surface area contributed by atoms with E-state index in [1.807, 2.05) is 12.1 Å². The molecule has 2 heteroatoms. The molecule has 2 aromatic carbocycles. The number of fused-ring (bicyclic) bond motifs is 2. The predicted molar refractivity (Wildman–Crippen MR) is 90.9 cm³/mol. The Bertz CT molecular complexity index is 743. The lowest BCUT2D eigenvalue weighted by Crippen LogP contribution is -2.25. The van der Waals surface area contributed by atoms with Crippen molar-refractivity contribution in [3.8, 4) is 16.9 Å². The third kappa shape index (κ3) is 2.15. The lowest BCUT2D eigenvalue weighted by molar-refractivity contribution is 0.415. The van der Waals surface area contributed by atoms with Crippen molar-refractivity contribution in [3.05, 3.63) is 59.2 Å². The smallest absolute Gasteiger partial charge is 0.118 e. The van der Waals surface area contributed by atoms with E-state index < -0.39 is 0 Å². The van der Waals surface area contributed by atoms with E-state index in [2.05, 4.69) is 30.3 Å². The van der Waals surface area contributed by atoms with Crippen LogP contribution >= 0.6 is 0 Å². The largest absolute Gasteiger partial charge is 0.497 e. The third-order valence-corrected chi connectivity index (χ3v) is 5.02. The zero-order chi connectivity index (χ0) is 15.1. The Kier molecular flexibility index (Phi) is 3.27. The van der Waals surface area contributed by atoms with E-state index in [-0.39, 0.29) is 6.04 Å². The molecule has 2 aliphatic rings. The van der Waals surface area contributed by atoms with Crippen molar-refractivity contribution in [1.29, 1.82) is 0 Å². The summed E-state index contributed by atoms with van der Waals surface area (Å²) in [4.78, 5) is 0. The first kappa shape index (κ1) is 13.6. The van der Waals surface area contributed by atoms with Crippen molar-refractivity contribution in [1.82, 2.24) is 0 Å². The Hall–Kier alpha value is -2.06. The molecule has 0 amide bonds. The van der Waals surface area contributed by atoms with E-state index in [0.29, 0.717) is 0 Å². The Morgan fingerprint density at radius 3 is 2.59 bits per heavy atom. The first-order valence-electron chi connectivity index (χ1n) is 8.01. The van der Waals surface area contributed by atoms with Crippen molar-refractivity contribution in [2.24, 2.45) is 5.73 Å². The molecule has 112 valence electrons. The molecule has 0 radical (unpaired) electrons. The molecule has 0 saturated heterocycles. The number of methoxy groups -OCH3 is 1. The summed E-state index contributed by atoms with van der Waals surface area (Å²) in [6, 6.07) is 15.4. The minimum absolute atomic E-state index is 0.264. The van der Waals surface area contributed by atoms with Crippen LogP contribution in [0.2, 0.25) is 0 Å². The molecule has 2 aromatic rings. The monoisotopic (exact) mass is 291 g/mol. The van der Waals surface area contributed by atoms with E-state index in [1.54, 1.807) is 7.11 Å². The summed E-state index contributed by atoms with van der Waals surface area (Å²) in [5.74, 6) is 0.896. The van der Waals surface area contributed by atoms with Gasteiger partial charge >= 0.3 is 0 Å². The van der Waals surface area contributed by atoms with Gasteiger partial charge in [0, 0.05) is 6.04 Å². The lowest BCUT2D eigenvalue weighted by atomic mass is 9.88.